The number of rotatable bonds is 5. The lowest BCUT2D eigenvalue weighted by Gasteiger charge is -2.36. The molecule has 2 fully saturated rings. The van der Waals surface area contributed by atoms with Crippen LogP contribution in [-0.2, 0) is 9.53 Å². The van der Waals surface area contributed by atoms with Gasteiger partial charge in [0.1, 0.15) is 5.75 Å². The fraction of sp³-hybridized carbons (Fsp3) is 0.600. The highest BCUT2D eigenvalue weighted by Crippen LogP contribution is 2.19. The summed E-state index contributed by atoms with van der Waals surface area (Å²) in [6.45, 7) is 7.20. The number of phenols is 1. The average molecular weight is 390 g/mol. The van der Waals surface area contributed by atoms with Gasteiger partial charge in [-0.15, -0.1) is 0 Å². The highest BCUT2D eigenvalue weighted by molar-refractivity contribution is 5.78. The molecule has 0 aromatic heterocycles. The summed E-state index contributed by atoms with van der Waals surface area (Å²) in [7, 11) is 0. The van der Waals surface area contributed by atoms with Crippen molar-refractivity contribution in [2.24, 2.45) is 0 Å². The van der Waals surface area contributed by atoms with Gasteiger partial charge in [0.25, 0.3) is 0 Å². The van der Waals surface area contributed by atoms with Crippen molar-refractivity contribution < 1.29 is 19.4 Å². The van der Waals surface area contributed by atoms with Crippen molar-refractivity contribution in [1.82, 2.24) is 15.1 Å². The van der Waals surface area contributed by atoms with Crippen LogP contribution in [0.4, 0.5) is 10.5 Å². The van der Waals surface area contributed by atoms with E-state index in [0.717, 1.165) is 44.7 Å². The monoisotopic (exact) mass is 390 g/mol. The minimum atomic E-state index is -0.265. The molecule has 28 heavy (non-hydrogen) atoms. The molecule has 1 aromatic carbocycles. The fourth-order valence-electron chi connectivity index (χ4n) is 3.73. The van der Waals surface area contributed by atoms with Gasteiger partial charge in [-0.25, -0.2) is 4.79 Å². The van der Waals surface area contributed by atoms with Crippen LogP contribution in [0.5, 0.6) is 5.75 Å². The van der Waals surface area contributed by atoms with Gasteiger partial charge < -0.3 is 25.0 Å². The summed E-state index contributed by atoms with van der Waals surface area (Å²) in [6, 6.07) is 7.35. The lowest BCUT2D eigenvalue weighted by molar-refractivity contribution is -0.123. The van der Waals surface area contributed by atoms with E-state index in [9.17, 15) is 14.7 Å². The molecule has 0 bridgehead atoms. The highest BCUT2D eigenvalue weighted by Gasteiger charge is 2.25. The van der Waals surface area contributed by atoms with Crippen LogP contribution < -0.4 is 10.2 Å². The number of piperidine rings is 1. The standard InChI is InChI=1S/C20H30N4O4/c1-2-28-20(27)24-9-7-16(8-10-24)21-19(26)15-22-11-13-23(14-12-22)17-3-5-18(25)6-4-17/h3-6,16,25H,2,7-15H2,1H3,(H,21,26). The second-order valence-corrected chi connectivity index (χ2v) is 7.31. The Labute approximate surface area is 166 Å². The van der Waals surface area contributed by atoms with Gasteiger partial charge in [-0.3, -0.25) is 9.69 Å². The maximum atomic E-state index is 12.4. The number of amides is 2. The highest BCUT2D eigenvalue weighted by atomic mass is 16.6. The number of aromatic hydroxyl groups is 1. The number of hydrogen-bond donors (Lipinski definition) is 2. The number of piperazine rings is 1. The van der Waals surface area contributed by atoms with Crippen molar-refractivity contribution in [3.8, 4) is 5.75 Å². The molecule has 2 amide bonds. The number of carbonyl (C=O) groups excluding carboxylic acids is 2. The second-order valence-electron chi connectivity index (χ2n) is 7.31. The van der Waals surface area contributed by atoms with Gasteiger partial charge in [0, 0.05) is 51.0 Å². The number of benzene rings is 1. The fourth-order valence-corrected chi connectivity index (χ4v) is 3.73. The van der Waals surface area contributed by atoms with Crippen molar-refractivity contribution in [3.63, 3.8) is 0 Å². The number of nitrogens with one attached hydrogen (secondary N) is 1. The number of ether oxygens (including phenoxy) is 1. The minimum Gasteiger partial charge on any atom is -0.508 e. The van der Waals surface area contributed by atoms with Crippen LogP contribution in [0.3, 0.4) is 0 Å². The van der Waals surface area contributed by atoms with Crippen LogP contribution in [0, 0.1) is 0 Å². The summed E-state index contributed by atoms with van der Waals surface area (Å²) in [5.41, 5.74) is 1.09. The smallest absolute Gasteiger partial charge is 0.409 e. The van der Waals surface area contributed by atoms with Crippen molar-refractivity contribution >= 4 is 17.7 Å². The van der Waals surface area contributed by atoms with Gasteiger partial charge in [0.2, 0.25) is 5.91 Å². The molecule has 1 aromatic rings. The summed E-state index contributed by atoms with van der Waals surface area (Å²) in [6.07, 6.45) is 1.26. The van der Waals surface area contributed by atoms with Gasteiger partial charge in [-0.2, -0.15) is 0 Å². The predicted octanol–water partition coefficient (Wildman–Crippen LogP) is 1.25. The van der Waals surface area contributed by atoms with E-state index >= 15 is 0 Å². The average Bonchev–Trinajstić information content (AvgIpc) is 2.70. The molecule has 8 heteroatoms. The normalized spacial score (nSPS) is 18.8. The quantitative estimate of drug-likeness (QED) is 0.787. The lowest BCUT2D eigenvalue weighted by atomic mass is 10.1. The lowest BCUT2D eigenvalue weighted by Crippen LogP contribution is -2.52. The Bertz CT molecular complexity index is 651. The number of nitrogens with zero attached hydrogens (tertiary/aromatic N) is 3. The van der Waals surface area contributed by atoms with Gasteiger partial charge in [-0.05, 0) is 44.0 Å². The maximum Gasteiger partial charge on any atom is 0.409 e. The van der Waals surface area contributed by atoms with Crippen molar-refractivity contribution in [2.45, 2.75) is 25.8 Å². The van der Waals surface area contributed by atoms with Gasteiger partial charge in [-0.1, -0.05) is 0 Å². The summed E-state index contributed by atoms with van der Waals surface area (Å²) >= 11 is 0. The van der Waals surface area contributed by atoms with Crippen LogP contribution in [0.25, 0.3) is 0 Å². The summed E-state index contributed by atoms with van der Waals surface area (Å²) in [4.78, 5) is 30.2. The molecule has 8 nitrogen and oxygen atoms in total. The molecule has 2 aliphatic rings. The van der Waals surface area contributed by atoms with E-state index < -0.39 is 0 Å². The Hall–Kier alpha value is -2.48. The summed E-state index contributed by atoms with van der Waals surface area (Å²) < 4.78 is 5.02. The molecule has 0 aliphatic carbocycles. The van der Waals surface area contributed by atoms with Crippen molar-refractivity contribution in [2.75, 3.05) is 57.3 Å². The number of phenolic OH excluding ortho intramolecular Hbond substituents is 1. The molecule has 0 unspecified atom stereocenters. The molecule has 0 atom stereocenters. The second kappa shape index (κ2) is 9.64. The van der Waals surface area contributed by atoms with E-state index in [1.165, 1.54) is 0 Å². The predicted molar refractivity (Wildman–Crippen MR) is 107 cm³/mol. The zero-order valence-electron chi connectivity index (χ0n) is 16.5. The van der Waals surface area contributed by atoms with E-state index in [0.29, 0.717) is 26.2 Å². The molecule has 2 saturated heterocycles. The summed E-state index contributed by atoms with van der Waals surface area (Å²) in [5.74, 6) is 0.319. The Morgan fingerprint density at radius 3 is 2.32 bits per heavy atom. The zero-order chi connectivity index (χ0) is 19.9. The Morgan fingerprint density at radius 1 is 1.07 bits per heavy atom. The molecule has 2 aliphatic heterocycles. The molecule has 154 valence electrons. The largest absolute Gasteiger partial charge is 0.508 e. The molecular formula is C20H30N4O4. The van der Waals surface area contributed by atoms with E-state index in [2.05, 4.69) is 15.1 Å². The van der Waals surface area contributed by atoms with Crippen LogP contribution >= 0.6 is 0 Å². The molecular weight excluding hydrogens is 360 g/mol. The zero-order valence-corrected chi connectivity index (χ0v) is 16.5. The van der Waals surface area contributed by atoms with Gasteiger partial charge in [0.15, 0.2) is 0 Å². The van der Waals surface area contributed by atoms with Gasteiger partial charge in [0.05, 0.1) is 13.2 Å². The number of likely N-dealkylation sites (tertiary alicyclic amines) is 1. The molecule has 0 radical (unpaired) electrons. The summed E-state index contributed by atoms with van der Waals surface area (Å²) in [5, 5.41) is 12.5. The third kappa shape index (κ3) is 5.51. The van der Waals surface area contributed by atoms with E-state index in [1.54, 1.807) is 24.0 Å². The SMILES string of the molecule is CCOC(=O)N1CCC(NC(=O)CN2CCN(c3ccc(O)cc3)CC2)CC1. The minimum absolute atomic E-state index is 0.0488. The maximum absolute atomic E-state index is 12.4. The first-order chi connectivity index (χ1) is 13.5. The van der Waals surface area contributed by atoms with Crippen LogP contribution in [0.2, 0.25) is 0 Å². The van der Waals surface area contributed by atoms with Crippen LogP contribution in [0.1, 0.15) is 19.8 Å². The first kappa shape index (κ1) is 20.3. The third-order valence-electron chi connectivity index (χ3n) is 5.34. The van der Waals surface area contributed by atoms with Crippen molar-refractivity contribution in [3.05, 3.63) is 24.3 Å². The number of hydrogen-bond acceptors (Lipinski definition) is 6. The van der Waals surface area contributed by atoms with Crippen molar-refractivity contribution in [1.29, 1.82) is 0 Å². The molecule has 0 saturated carbocycles. The van der Waals surface area contributed by atoms with E-state index in [4.69, 9.17) is 4.74 Å². The topological polar surface area (TPSA) is 85.4 Å². The van der Waals surface area contributed by atoms with Gasteiger partial charge >= 0.3 is 6.09 Å². The Kier molecular flexibility index (Phi) is 6.97. The van der Waals surface area contributed by atoms with E-state index in [1.807, 2.05) is 12.1 Å². The molecule has 3 rings (SSSR count). The molecule has 2 heterocycles. The molecule has 0 spiro atoms. The number of carbonyl (C=O) groups is 2. The number of anilines is 1. The Morgan fingerprint density at radius 2 is 1.71 bits per heavy atom. The first-order valence-electron chi connectivity index (χ1n) is 10.0. The van der Waals surface area contributed by atoms with E-state index in [-0.39, 0.29) is 23.8 Å². The van der Waals surface area contributed by atoms with Crippen LogP contribution in [0.15, 0.2) is 24.3 Å². The Balaban J connectivity index is 1.36. The first-order valence-corrected chi connectivity index (χ1v) is 10.0. The third-order valence-corrected chi connectivity index (χ3v) is 5.34. The molecule has 2 N–H and O–H groups in total. The van der Waals surface area contributed by atoms with Crippen LogP contribution in [-0.4, -0.2) is 85.4 Å².